The van der Waals surface area contributed by atoms with Gasteiger partial charge in [-0.15, -0.1) is 0 Å². The molecule has 204 valence electrons. The molecule has 4 atom stereocenters. The van der Waals surface area contributed by atoms with Gasteiger partial charge in [-0.2, -0.15) is 0 Å². The highest BCUT2D eigenvalue weighted by Crippen LogP contribution is 2.50. The Labute approximate surface area is 228 Å². The van der Waals surface area contributed by atoms with Crippen molar-refractivity contribution in [2.75, 3.05) is 18.1 Å². The fraction of sp³-hybridized carbons (Fsp3) is 0.400. The van der Waals surface area contributed by atoms with Crippen LogP contribution in [0.5, 0.6) is 5.75 Å². The summed E-state index contributed by atoms with van der Waals surface area (Å²) in [5.41, 5.74) is 6.06. The summed E-state index contributed by atoms with van der Waals surface area (Å²) in [5.74, 6) is -1.77. The van der Waals surface area contributed by atoms with Gasteiger partial charge in [-0.3, -0.25) is 14.5 Å². The van der Waals surface area contributed by atoms with Gasteiger partial charge in [0.05, 0.1) is 36.8 Å². The van der Waals surface area contributed by atoms with Crippen molar-refractivity contribution in [2.45, 2.75) is 46.1 Å². The molecule has 2 amide bonds. The quantitative estimate of drug-likeness (QED) is 0.246. The molecule has 0 unspecified atom stereocenters. The Hall–Kier alpha value is -3.24. The summed E-state index contributed by atoms with van der Waals surface area (Å²) in [6, 6.07) is 10.1. The molecule has 0 radical (unpaired) electrons. The Kier molecular flexibility index (Phi) is 7.52. The van der Waals surface area contributed by atoms with E-state index in [2.05, 4.69) is 13.0 Å². The second kappa shape index (κ2) is 10.7. The van der Waals surface area contributed by atoms with Gasteiger partial charge in [0.1, 0.15) is 5.75 Å². The number of ether oxygens (including phenoxy) is 1. The fourth-order valence-corrected chi connectivity index (χ4v) is 6.49. The third kappa shape index (κ3) is 4.96. The predicted molar refractivity (Wildman–Crippen MR) is 148 cm³/mol. The van der Waals surface area contributed by atoms with E-state index in [0.29, 0.717) is 30.9 Å². The first-order valence-corrected chi connectivity index (χ1v) is 13.4. The molecular formula is C30H34BNO7. The van der Waals surface area contributed by atoms with Crippen LogP contribution < -0.4 is 10.4 Å². The Morgan fingerprint density at radius 3 is 2.49 bits per heavy atom. The largest absolute Gasteiger partial charge is 0.507 e. The van der Waals surface area contributed by atoms with Gasteiger partial charge in [-0.1, -0.05) is 23.8 Å². The monoisotopic (exact) mass is 531 g/mol. The number of hydrogen-bond donors (Lipinski definition) is 4. The summed E-state index contributed by atoms with van der Waals surface area (Å²) in [5, 5.41) is 39.4. The number of anilines is 1. The van der Waals surface area contributed by atoms with E-state index in [9.17, 15) is 29.9 Å². The minimum Gasteiger partial charge on any atom is -0.507 e. The second-order valence-electron chi connectivity index (χ2n) is 11.0. The van der Waals surface area contributed by atoms with E-state index in [0.717, 1.165) is 44.7 Å². The maximum atomic E-state index is 13.6. The van der Waals surface area contributed by atoms with Crippen molar-refractivity contribution >= 4 is 36.2 Å². The predicted octanol–water partition coefficient (Wildman–Crippen LogP) is 2.39. The highest BCUT2D eigenvalue weighted by atomic mass is 16.5. The molecule has 8 nitrogen and oxygen atoms in total. The Morgan fingerprint density at radius 1 is 1.10 bits per heavy atom. The standard InChI is InChI=1S/C30H34BNO7/c1-16(9-19-10-17(2)28(34)18(3)11-19)7-8-25-26-20(14-33)12-23-27(24(26)15-39-25)30(36)32(29(23)35)22-6-4-5-21(13-22)31(37)38/h4-6,9-11,13,23-25,27,33-34,37-38H,7-8,12,14-15H2,1-3H3/b16-9+/t23-,24+,25-,27-/m1/s1. The number of amides is 2. The molecular weight excluding hydrogens is 497 g/mol. The van der Waals surface area contributed by atoms with Crippen LogP contribution in [0.4, 0.5) is 5.69 Å². The van der Waals surface area contributed by atoms with Gasteiger partial charge in [0.25, 0.3) is 0 Å². The Morgan fingerprint density at radius 2 is 1.82 bits per heavy atom. The molecule has 2 heterocycles. The zero-order valence-corrected chi connectivity index (χ0v) is 22.4. The molecule has 0 bridgehead atoms. The van der Waals surface area contributed by atoms with Gasteiger partial charge in [0, 0.05) is 5.92 Å². The van der Waals surface area contributed by atoms with Crippen LogP contribution in [0.15, 0.2) is 53.1 Å². The molecule has 0 spiro atoms. The lowest BCUT2D eigenvalue weighted by Gasteiger charge is -2.31. The normalized spacial score (nSPS) is 24.9. The SMILES string of the molecule is C/C(=C\c1cc(C)c(O)c(C)c1)CC[C@H]1OC[C@H]2C1=C(CO)C[C@H]1C(=O)N(c3cccc(B(O)O)c3)C(=O)[C@H]12. The highest BCUT2D eigenvalue weighted by molar-refractivity contribution is 6.58. The van der Waals surface area contributed by atoms with E-state index in [1.807, 2.05) is 26.0 Å². The van der Waals surface area contributed by atoms with Crippen LogP contribution in [0.1, 0.15) is 42.9 Å². The third-order valence-corrected chi connectivity index (χ3v) is 8.35. The first kappa shape index (κ1) is 27.3. The highest BCUT2D eigenvalue weighted by Gasteiger charge is 2.57. The molecule has 1 aliphatic carbocycles. The number of phenolic OH excluding ortho intramolecular Hbond substituents is 1. The molecule has 4 N–H and O–H groups in total. The van der Waals surface area contributed by atoms with Crippen LogP contribution in [0.25, 0.3) is 6.08 Å². The summed E-state index contributed by atoms with van der Waals surface area (Å²) in [6.45, 7) is 5.93. The minimum absolute atomic E-state index is 0.191. The number of hydrogen-bond acceptors (Lipinski definition) is 7. The Bertz CT molecular complexity index is 1360. The summed E-state index contributed by atoms with van der Waals surface area (Å²) < 4.78 is 6.19. The van der Waals surface area contributed by atoms with Crippen molar-refractivity contribution in [3.05, 3.63) is 69.8 Å². The minimum atomic E-state index is -1.71. The van der Waals surface area contributed by atoms with Crippen molar-refractivity contribution in [1.82, 2.24) is 0 Å². The maximum absolute atomic E-state index is 13.6. The summed E-state index contributed by atoms with van der Waals surface area (Å²) >= 11 is 0. The number of rotatable bonds is 7. The molecule has 2 aliphatic heterocycles. The van der Waals surface area contributed by atoms with Crippen LogP contribution in [0.2, 0.25) is 0 Å². The number of aromatic hydroxyl groups is 1. The van der Waals surface area contributed by atoms with Crippen LogP contribution in [0, 0.1) is 31.6 Å². The molecule has 2 fully saturated rings. The first-order chi connectivity index (χ1) is 18.6. The lowest BCUT2D eigenvalue weighted by Crippen LogP contribution is -2.35. The van der Waals surface area contributed by atoms with E-state index in [-0.39, 0.29) is 35.9 Å². The van der Waals surface area contributed by atoms with E-state index >= 15 is 0 Å². The smallest absolute Gasteiger partial charge is 0.488 e. The number of aliphatic hydroxyl groups is 1. The topological polar surface area (TPSA) is 128 Å². The van der Waals surface area contributed by atoms with Gasteiger partial charge in [0.15, 0.2) is 0 Å². The second-order valence-corrected chi connectivity index (χ2v) is 11.0. The van der Waals surface area contributed by atoms with E-state index in [4.69, 9.17) is 4.74 Å². The number of nitrogens with zero attached hydrogens (tertiary/aromatic N) is 1. The van der Waals surface area contributed by atoms with Crippen LogP contribution in [-0.2, 0) is 14.3 Å². The van der Waals surface area contributed by atoms with Gasteiger partial charge < -0.3 is 25.0 Å². The molecule has 2 aromatic rings. The van der Waals surface area contributed by atoms with Crippen molar-refractivity contribution in [1.29, 1.82) is 0 Å². The lowest BCUT2D eigenvalue weighted by atomic mass is 9.69. The van der Waals surface area contributed by atoms with E-state index in [1.54, 1.807) is 12.1 Å². The zero-order valence-electron chi connectivity index (χ0n) is 22.4. The summed E-state index contributed by atoms with van der Waals surface area (Å²) in [4.78, 5) is 28.2. The van der Waals surface area contributed by atoms with Crippen molar-refractivity contribution in [3.8, 4) is 5.75 Å². The maximum Gasteiger partial charge on any atom is 0.488 e. The van der Waals surface area contributed by atoms with Crippen molar-refractivity contribution in [3.63, 3.8) is 0 Å². The molecule has 0 saturated carbocycles. The van der Waals surface area contributed by atoms with E-state index in [1.165, 1.54) is 12.1 Å². The average molecular weight is 531 g/mol. The molecule has 3 aliphatic rings. The summed E-state index contributed by atoms with van der Waals surface area (Å²) in [7, 11) is -1.71. The zero-order chi connectivity index (χ0) is 28.0. The molecule has 2 saturated heterocycles. The molecule has 2 aromatic carbocycles. The van der Waals surface area contributed by atoms with Crippen LogP contribution >= 0.6 is 0 Å². The third-order valence-electron chi connectivity index (χ3n) is 8.35. The first-order valence-electron chi connectivity index (χ1n) is 13.4. The van der Waals surface area contributed by atoms with Crippen molar-refractivity contribution < 1.29 is 34.6 Å². The molecule has 39 heavy (non-hydrogen) atoms. The molecule has 5 rings (SSSR count). The van der Waals surface area contributed by atoms with Crippen LogP contribution in [0.3, 0.4) is 0 Å². The number of aryl methyl sites for hydroxylation is 2. The molecule has 0 aromatic heterocycles. The number of aliphatic hydroxyl groups excluding tert-OH is 1. The number of carbonyl (C=O) groups is 2. The number of carbonyl (C=O) groups excluding carboxylic acids is 2. The van der Waals surface area contributed by atoms with Crippen molar-refractivity contribution in [2.24, 2.45) is 17.8 Å². The number of benzene rings is 2. The van der Waals surface area contributed by atoms with Gasteiger partial charge in [-0.25, -0.2) is 0 Å². The average Bonchev–Trinajstić information content (AvgIpc) is 3.43. The number of fused-ring (bicyclic) bond motifs is 3. The van der Waals surface area contributed by atoms with Gasteiger partial charge >= 0.3 is 7.12 Å². The number of allylic oxidation sites excluding steroid dienone is 1. The Balaban J connectivity index is 1.35. The number of imide groups is 1. The van der Waals surface area contributed by atoms with E-state index < -0.39 is 19.0 Å². The van der Waals surface area contributed by atoms with Gasteiger partial charge in [-0.05, 0) is 97.6 Å². The number of phenols is 1. The fourth-order valence-electron chi connectivity index (χ4n) is 6.49. The van der Waals surface area contributed by atoms with Gasteiger partial charge in [0.2, 0.25) is 11.8 Å². The lowest BCUT2D eigenvalue weighted by molar-refractivity contribution is -0.122. The van der Waals surface area contributed by atoms with Crippen LogP contribution in [-0.4, -0.2) is 58.5 Å². The molecule has 9 heteroatoms. The summed E-state index contributed by atoms with van der Waals surface area (Å²) in [6.07, 6.45) is 3.60.